The molecule has 2 aromatic rings. The monoisotopic (exact) mass is 506 g/mol. The number of pyridine rings is 1. The first-order valence-corrected chi connectivity index (χ1v) is 11.8. The van der Waals surface area contributed by atoms with Crippen LogP contribution < -0.4 is 10.6 Å². The summed E-state index contributed by atoms with van der Waals surface area (Å²) in [5.41, 5.74) is -0.540. The Morgan fingerprint density at radius 1 is 1.33 bits per heavy atom. The second-order valence-corrected chi connectivity index (χ2v) is 9.35. The number of benzene rings is 1. The standard InChI is InChI=1S/C26H30F4N4O2/c1-15(26(28,29)30)24-17-7-4-8-21(33-22-9-11-34(2)14-20(22)27)18(17)12-16(32-24)6-5-10-31-25(35)19-13-23(19)36-3/h4-8,12,19-20,22-23,33H,1,9-11,13-14H2,2-3H3,(H,31,35)/b6-5+/t19-,20+,22-,23-/m1/s1. The average molecular weight is 507 g/mol. The van der Waals surface area contributed by atoms with E-state index in [1.807, 2.05) is 11.9 Å². The predicted octanol–water partition coefficient (Wildman–Crippen LogP) is 4.43. The highest BCUT2D eigenvalue weighted by atomic mass is 19.4. The van der Waals surface area contributed by atoms with Gasteiger partial charge in [-0.1, -0.05) is 24.8 Å². The molecule has 1 amide bonds. The fraction of sp³-hybridized carbons (Fsp3) is 0.462. The number of aromatic nitrogens is 1. The molecule has 1 saturated carbocycles. The van der Waals surface area contributed by atoms with Crippen LogP contribution in [-0.4, -0.2) is 74.1 Å². The summed E-state index contributed by atoms with van der Waals surface area (Å²) >= 11 is 0. The van der Waals surface area contributed by atoms with Crippen molar-refractivity contribution in [2.45, 2.75) is 37.3 Å². The molecular formula is C26H30F4N4O2. The maximum Gasteiger partial charge on any atom is 0.417 e. The molecule has 1 aromatic carbocycles. The molecule has 0 bridgehead atoms. The SMILES string of the molecule is C=C(c1nc(/C=C/CNC(=O)[C@@H]2C[C@H]2OC)cc2c(N[C@@H]3CCN(C)C[C@@H]3F)cccc12)C(F)(F)F. The Hall–Kier alpha value is -2.98. The molecule has 0 radical (unpaired) electrons. The summed E-state index contributed by atoms with van der Waals surface area (Å²) in [5.74, 6) is -0.300. The van der Waals surface area contributed by atoms with Gasteiger partial charge in [0.15, 0.2) is 0 Å². The van der Waals surface area contributed by atoms with Crippen molar-refractivity contribution in [2.24, 2.45) is 5.92 Å². The first-order chi connectivity index (χ1) is 17.1. The first kappa shape index (κ1) is 26.1. The van der Waals surface area contributed by atoms with Crippen molar-refractivity contribution < 1.29 is 27.1 Å². The minimum absolute atomic E-state index is 0.0634. The number of hydrogen-bond donors (Lipinski definition) is 2. The zero-order valence-corrected chi connectivity index (χ0v) is 20.2. The lowest BCUT2D eigenvalue weighted by Gasteiger charge is -2.33. The molecule has 6 nitrogen and oxygen atoms in total. The van der Waals surface area contributed by atoms with E-state index in [1.54, 1.807) is 43.5 Å². The largest absolute Gasteiger partial charge is 0.417 e. The molecule has 1 saturated heterocycles. The Morgan fingerprint density at radius 3 is 2.78 bits per heavy atom. The van der Waals surface area contributed by atoms with Crippen molar-refractivity contribution in [3.8, 4) is 0 Å². The van der Waals surface area contributed by atoms with Gasteiger partial charge in [-0.2, -0.15) is 13.2 Å². The fourth-order valence-electron chi connectivity index (χ4n) is 4.47. The smallest absolute Gasteiger partial charge is 0.381 e. The van der Waals surface area contributed by atoms with Crippen molar-refractivity contribution in [3.05, 3.63) is 48.3 Å². The van der Waals surface area contributed by atoms with Crippen molar-refractivity contribution in [1.82, 2.24) is 15.2 Å². The van der Waals surface area contributed by atoms with Gasteiger partial charge < -0.3 is 20.3 Å². The van der Waals surface area contributed by atoms with Gasteiger partial charge in [-0.25, -0.2) is 9.37 Å². The van der Waals surface area contributed by atoms with Crippen LogP contribution in [0.4, 0.5) is 23.2 Å². The average Bonchev–Trinajstić information content (AvgIpc) is 3.62. The molecule has 1 aliphatic carbocycles. The Balaban J connectivity index is 1.62. The number of fused-ring (bicyclic) bond motifs is 1. The van der Waals surface area contributed by atoms with Gasteiger partial charge in [0, 0.05) is 43.2 Å². The third-order valence-electron chi connectivity index (χ3n) is 6.66. The number of carbonyl (C=O) groups is 1. The number of anilines is 1. The number of hydrogen-bond acceptors (Lipinski definition) is 5. The van der Waals surface area contributed by atoms with Crippen LogP contribution in [0.5, 0.6) is 0 Å². The number of halogens is 4. The van der Waals surface area contributed by atoms with Crippen LogP contribution in [0.25, 0.3) is 22.4 Å². The molecule has 2 N–H and O–H groups in total. The van der Waals surface area contributed by atoms with Crippen molar-refractivity contribution in [2.75, 3.05) is 39.1 Å². The highest BCUT2D eigenvalue weighted by molar-refractivity contribution is 6.00. The van der Waals surface area contributed by atoms with E-state index < -0.39 is 24.0 Å². The molecule has 0 spiro atoms. The molecule has 4 atom stereocenters. The number of ether oxygens (including phenoxy) is 1. The summed E-state index contributed by atoms with van der Waals surface area (Å²) < 4.78 is 60.6. The molecule has 194 valence electrons. The lowest BCUT2D eigenvalue weighted by Crippen LogP contribution is -2.46. The molecule has 4 rings (SSSR count). The van der Waals surface area contributed by atoms with Crippen LogP contribution in [0.15, 0.2) is 36.9 Å². The molecule has 0 unspecified atom stereocenters. The quantitative estimate of drug-likeness (QED) is 0.519. The van der Waals surface area contributed by atoms with Gasteiger partial charge in [0.25, 0.3) is 0 Å². The van der Waals surface area contributed by atoms with Crippen LogP contribution in [0.3, 0.4) is 0 Å². The van der Waals surface area contributed by atoms with Crippen LogP contribution in [0.2, 0.25) is 0 Å². The number of alkyl halides is 4. The van der Waals surface area contributed by atoms with E-state index in [0.717, 1.165) is 0 Å². The molecule has 1 aromatic heterocycles. The molecule has 36 heavy (non-hydrogen) atoms. The number of nitrogens with zero attached hydrogens (tertiary/aromatic N) is 2. The highest BCUT2D eigenvalue weighted by Gasteiger charge is 2.43. The van der Waals surface area contributed by atoms with Gasteiger partial charge in [-0.05, 0) is 38.1 Å². The van der Waals surface area contributed by atoms with Gasteiger partial charge in [0.05, 0.1) is 35.0 Å². The topological polar surface area (TPSA) is 66.5 Å². The lowest BCUT2D eigenvalue weighted by molar-refractivity contribution is -0.122. The Morgan fingerprint density at radius 2 is 2.11 bits per heavy atom. The van der Waals surface area contributed by atoms with E-state index in [9.17, 15) is 22.4 Å². The molecule has 1 aliphatic heterocycles. The van der Waals surface area contributed by atoms with Crippen LogP contribution in [0.1, 0.15) is 24.2 Å². The number of allylic oxidation sites excluding steroid dienone is 1. The molecule has 2 fully saturated rings. The summed E-state index contributed by atoms with van der Waals surface area (Å²) in [6.07, 6.45) is -1.42. The van der Waals surface area contributed by atoms with E-state index in [0.29, 0.717) is 30.5 Å². The number of rotatable bonds is 8. The summed E-state index contributed by atoms with van der Waals surface area (Å²) in [5, 5.41) is 6.73. The van der Waals surface area contributed by atoms with Crippen LogP contribution >= 0.6 is 0 Å². The molecular weight excluding hydrogens is 476 g/mol. The van der Waals surface area contributed by atoms with E-state index in [4.69, 9.17) is 4.74 Å². The minimum Gasteiger partial charge on any atom is -0.381 e. The van der Waals surface area contributed by atoms with Gasteiger partial charge >= 0.3 is 6.18 Å². The fourth-order valence-corrected chi connectivity index (χ4v) is 4.47. The summed E-state index contributed by atoms with van der Waals surface area (Å²) in [6.45, 7) is 4.44. The van der Waals surface area contributed by atoms with Gasteiger partial charge in [0.2, 0.25) is 5.91 Å². The number of nitrogens with one attached hydrogen (secondary N) is 2. The second kappa shape index (κ2) is 10.6. The number of carbonyl (C=O) groups excluding carboxylic acids is 1. The molecule has 10 heteroatoms. The number of methoxy groups -OCH3 is 1. The normalized spacial score (nSPS) is 24.7. The Kier molecular flexibility index (Phi) is 7.65. The number of amides is 1. The van der Waals surface area contributed by atoms with Gasteiger partial charge in [-0.3, -0.25) is 4.79 Å². The van der Waals surface area contributed by atoms with Gasteiger partial charge in [0.1, 0.15) is 6.17 Å². The van der Waals surface area contributed by atoms with Crippen molar-refractivity contribution in [1.29, 1.82) is 0 Å². The third-order valence-corrected chi connectivity index (χ3v) is 6.66. The molecule has 2 heterocycles. The van der Waals surface area contributed by atoms with E-state index in [1.165, 1.54) is 0 Å². The zero-order chi connectivity index (χ0) is 26.0. The van der Waals surface area contributed by atoms with Crippen LogP contribution in [-0.2, 0) is 9.53 Å². The summed E-state index contributed by atoms with van der Waals surface area (Å²) in [7, 11) is 3.40. The zero-order valence-electron chi connectivity index (χ0n) is 20.2. The summed E-state index contributed by atoms with van der Waals surface area (Å²) in [4.78, 5) is 18.2. The second-order valence-electron chi connectivity index (χ2n) is 9.35. The lowest BCUT2D eigenvalue weighted by atomic mass is 9.99. The maximum absolute atomic E-state index is 14.7. The van der Waals surface area contributed by atoms with E-state index >= 15 is 0 Å². The van der Waals surface area contributed by atoms with E-state index in [-0.39, 0.29) is 47.8 Å². The minimum atomic E-state index is -4.67. The van der Waals surface area contributed by atoms with Gasteiger partial charge in [-0.15, -0.1) is 0 Å². The first-order valence-electron chi connectivity index (χ1n) is 11.8. The number of likely N-dealkylation sites (tertiary alicyclic amines) is 1. The number of piperidine rings is 1. The van der Waals surface area contributed by atoms with Crippen molar-refractivity contribution >= 4 is 34.0 Å². The Labute approximate surface area is 207 Å². The maximum atomic E-state index is 14.7. The van der Waals surface area contributed by atoms with Crippen LogP contribution in [0, 0.1) is 5.92 Å². The van der Waals surface area contributed by atoms with Crippen molar-refractivity contribution in [3.63, 3.8) is 0 Å². The Bertz CT molecular complexity index is 1170. The highest BCUT2D eigenvalue weighted by Crippen LogP contribution is 2.37. The predicted molar refractivity (Wildman–Crippen MR) is 132 cm³/mol. The van der Waals surface area contributed by atoms with E-state index in [2.05, 4.69) is 22.2 Å². The molecule has 2 aliphatic rings. The third kappa shape index (κ3) is 5.87. The summed E-state index contributed by atoms with van der Waals surface area (Å²) in [6, 6.07) is 6.10.